The Morgan fingerprint density at radius 3 is 2.45 bits per heavy atom. The molecule has 0 saturated heterocycles. The molecule has 4 rings (SSSR count). The molecule has 6 nitrogen and oxygen atoms in total. The fourth-order valence-electron chi connectivity index (χ4n) is 3.32. The van der Waals surface area contributed by atoms with Crippen LogP contribution in [-0.2, 0) is 6.61 Å². The molecular formula is C25H21Cl2N3O3. The number of aromatic nitrogens is 1. The second kappa shape index (κ2) is 9.98. The zero-order valence-corrected chi connectivity index (χ0v) is 19.5. The lowest BCUT2D eigenvalue weighted by molar-refractivity contribution is 0.0923. The SMILES string of the molecule is Cc1ccc(C)n1-c1ccc(OCc2ccc(C(=O)N/N=C/c3ccc(Cl)cc3Cl)o2)cc1. The Labute approximate surface area is 201 Å². The quantitative estimate of drug-likeness (QED) is 0.247. The number of hydrogen-bond acceptors (Lipinski definition) is 4. The highest BCUT2D eigenvalue weighted by Gasteiger charge is 2.11. The summed E-state index contributed by atoms with van der Waals surface area (Å²) in [6.45, 7) is 4.33. The van der Waals surface area contributed by atoms with Crippen molar-refractivity contribution < 1.29 is 13.9 Å². The zero-order chi connectivity index (χ0) is 23.4. The van der Waals surface area contributed by atoms with Gasteiger partial charge in [-0.05, 0) is 74.5 Å². The Balaban J connectivity index is 1.32. The summed E-state index contributed by atoms with van der Waals surface area (Å²) in [4.78, 5) is 12.3. The molecule has 2 aromatic heterocycles. The van der Waals surface area contributed by atoms with E-state index in [1.165, 1.54) is 17.6 Å². The number of halogens is 2. The maximum Gasteiger partial charge on any atom is 0.307 e. The van der Waals surface area contributed by atoms with E-state index >= 15 is 0 Å². The average Bonchev–Trinajstić information content (AvgIpc) is 3.40. The average molecular weight is 482 g/mol. The van der Waals surface area contributed by atoms with E-state index < -0.39 is 5.91 Å². The summed E-state index contributed by atoms with van der Waals surface area (Å²) in [5.74, 6) is 0.866. The third-order valence-corrected chi connectivity index (χ3v) is 5.53. The van der Waals surface area contributed by atoms with Gasteiger partial charge in [-0.1, -0.05) is 29.3 Å². The van der Waals surface area contributed by atoms with E-state index in [9.17, 15) is 4.79 Å². The van der Waals surface area contributed by atoms with Crippen LogP contribution in [0.15, 0.2) is 76.2 Å². The predicted octanol–water partition coefficient (Wildman–Crippen LogP) is 6.34. The first-order valence-electron chi connectivity index (χ1n) is 10.2. The minimum Gasteiger partial charge on any atom is -0.486 e. The van der Waals surface area contributed by atoms with Crippen molar-refractivity contribution in [2.45, 2.75) is 20.5 Å². The van der Waals surface area contributed by atoms with Crippen molar-refractivity contribution in [3.8, 4) is 11.4 Å². The van der Waals surface area contributed by atoms with Gasteiger partial charge in [-0.3, -0.25) is 4.79 Å². The first-order valence-corrected chi connectivity index (χ1v) is 10.9. The molecule has 0 aliphatic rings. The van der Waals surface area contributed by atoms with Gasteiger partial charge in [0.25, 0.3) is 0 Å². The van der Waals surface area contributed by atoms with E-state index in [2.05, 4.69) is 41.1 Å². The van der Waals surface area contributed by atoms with Crippen molar-refractivity contribution in [3.63, 3.8) is 0 Å². The van der Waals surface area contributed by atoms with Crippen LogP contribution in [0.4, 0.5) is 0 Å². The minimum absolute atomic E-state index is 0.127. The fraction of sp³-hybridized carbons (Fsp3) is 0.120. The van der Waals surface area contributed by atoms with Crippen LogP contribution < -0.4 is 10.2 Å². The summed E-state index contributed by atoms with van der Waals surface area (Å²) in [7, 11) is 0. The van der Waals surface area contributed by atoms with Gasteiger partial charge in [0.1, 0.15) is 18.1 Å². The molecular weight excluding hydrogens is 461 g/mol. The molecule has 2 aromatic carbocycles. The lowest BCUT2D eigenvalue weighted by Gasteiger charge is -2.10. The molecule has 0 radical (unpaired) electrons. The number of nitrogens with one attached hydrogen (secondary N) is 1. The third-order valence-electron chi connectivity index (χ3n) is 4.96. The van der Waals surface area contributed by atoms with Crippen molar-refractivity contribution in [3.05, 3.63) is 105 Å². The van der Waals surface area contributed by atoms with Gasteiger partial charge in [0.05, 0.1) is 11.2 Å². The number of carbonyl (C=O) groups excluding carboxylic acids is 1. The number of nitrogens with zero attached hydrogens (tertiary/aromatic N) is 2. The Kier molecular flexibility index (Phi) is 6.87. The predicted molar refractivity (Wildman–Crippen MR) is 130 cm³/mol. The second-order valence-corrected chi connectivity index (χ2v) is 8.21. The Morgan fingerprint density at radius 2 is 1.76 bits per heavy atom. The number of hydrogen-bond donors (Lipinski definition) is 1. The highest BCUT2D eigenvalue weighted by atomic mass is 35.5. The van der Waals surface area contributed by atoms with E-state index in [4.69, 9.17) is 32.4 Å². The van der Waals surface area contributed by atoms with Crippen molar-refractivity contribution >= 4 is 35.3 Å². The van der Waals surface area contributed by atoms with Gasteiger partial charge >= 0.3 is 5.91 Å². The van der Waals surface area contributed by atoms with Crippen LogP contribution in [0.3, 0.4) is 0 Å². The highest BCUT2D eigenvalue weighted by Crippen LogP contribution is 2.21. The number of hydrazone groups is 1. The molecule has 0 unspecified atom stereocenters. The Hall–Kier alpha value is -3.48. The summed E-state index contributed by atoms with van der Waals surface area (Å²) >= 11 is 11.9. The molecule has 0 atom stereocenters. The van der Waals surface area contributed by atoms with Crippen LogP contribution in [0.2, 0.25) is 10.0 Å². The van der Waals surface area contributed by atoms with Crippen LogP contribution in [0.1, 0.15) is 33.3 Å². The topological polar surface area (TPSA) is 68.8 Å². The van der Waals surface area contributed by atoms with Gasteiger partial charge in [-0.2, -0.15) is 5.10 Å². The number of amides is 1. The second-order valence-electron chi connectivity index (χ2n) is 7.37. The molecule has 2 heterocycles. The van der Waals surface area contributed by atoms with E-state index in [1.54, 1.807) is 30.3 Å². The van der Waals surface area contributed by atoms with Crippen molar-refractivity contribution in [1.82, 2.24) is 9.99 Å². The lowest BCUT2D eigenvalue weighted by Crippen LogP contribution is -2.16. The molecule has 0 saturated carbocycles. The van der Waals surface area contributed by atoms with E-state index in [0.29, 0.717) is 27.1 Å². The molecule has 1 amide bonds. The number of benzene rings is 2. The smallest absolute Gasteiger partial charge is 0.307 e. The summed E-state index contributed by atoms with van der Waals surface area (Å²) in [5.41, 5.74) is 6.44. The summed E-state index contributed by atoms with van der Waals surface area (Å²) in [6.07, 6.45) is 1.43. The normalized spacial score (nSPS) is 11.2. The van der Waals surface area contributed by atoms with Gasteiger partial charge in [0.2, 0.25) is 0 Å². The number of rotatable bonds is 7. The first-order chi connectivity index (χ1) is 15.9. The van der Waals surface area contributed by atoms with Crippen LogP contribution in [-0.4, -0.2) is 16.7 Å². The monoisotopic (exact) mass is 481 g/mol. The highest BCUT2D eigenvalue weighted by molar-refractivity contribution is 6.36. The Bertz CT molecular complexity index is 1290. The van der Waals surface area contributed by atoms with Crippen molar-refractivity contribution in [2.24, 2.45) is 5.10 Å². The van der Waals surface area contributed by atoms with Crippen molar-refractivity contribution in [2.75, 3.05) is 0 Å². The van der Waals surface area contributed by atoms with Gasteiger partial charge < -0.3 is 13.7 Å². The molecule has 0 aliphatic heterocycles. The first kappa shape index (κ1) is 22.7. The summed E-state index contributed by atoms with van der Waals surface area (Å²) in [6, 6.07) is 20.2. The lowest BCUT2D eigenvalue weighted by atomic mass is 10.2. The van der Waals surface area contributed by atoms with Crippen molar-refractivity contribution in [1.29, 1.82) is 0 Å². The number of ether oxygens (including phenoxy) is 1. The largest absolute Gasteiger partial charge is 0.486 e. The molecule has 168 valence electrons. The molecule has 0 fully saturated rings. The van der Waals surface area contributed by atoms with Crippen LogP contribution >= 0.6 is 23.2 Å². The van der Waals surface area contributed by atoms with Gasteiger partial charge in [0.15, 0.2) is 5.76 Å². The molecule has 0 bridgehead atoms. The maximum atomic E-state index is 12.3. The van der Waals surface area contributed by atoms with Gasteiger partial charge in [-0.15, -0.1) is 0 Å². The third kappa shape index (κ3) is 5.48. The zero-order valence-electron chi connectivity index (χ0n) is 18.0. The molecule has 0 spiro atoms. The van der Waals surface area contributed by atoms with Crippen LogP contribution in [0.5, 0.6) is 5.75 Å². The number of aryl methyl sites for hydroxylation is 2. The fourth-order valence-corrected chi connectivity index (χ4v) is 3.78. The van der Waals surface area contributed by atoms with E-state index in [1.807, 2.05) is 24.3 Å². The summed E-state index contributed by atoms with van der Waals surface area (Å²) < 4.78 is 13.5. The summed E-state index contributed by atoms with van der Waals surface area (Å²) in [5, 5.41) is 4.86. The van der Waals surface area contributed by atoms with Crippen LogP contribution in [0.25, 0.3) is 5.69 Å². The Morgan fingerprint density at radius 1 is 1.03 bits per heavy atom. The van der Waals surface area contributed by atoms with E-state index in [0.717, 1.165) is 5.69 Å². The van der Waals surface area contributed by atoms with E-state index in [-0.39, 0.29) is 12.4 Å². The van der Waals surface area contributed by atoms with Crippen LogP contribution in [0, 0.1) is 13.8 Å². The molecule has 8 heteroatoms. The van der Waals surface area contributed by atoms with Gasteiger partial charge in [0, 0.05) is 27.7 Å². The standard InChI is InChI=1S/C25H21Cl2N3O3/c1-16-3-4-17(2)30(16)20-7-9-21(10-8-20)32-15-22-11-12-24(33-22)25(31)29-28-14-18-5-6-19(26)13-23(18)27/h3-14H,15H2,1-2H3,(H,29,31)/b28-14+. The molecule has 4 aromatic rings. The molecule has 1 N–H and O–H groups in total. The molecule has 33 heavy (non-hydrogen) atoms. The maximum absolute atomic E-state index is 12.3. The van der Waals surface area contributed by atoms with Gasteiger partial charge in [-0.25, -0.2) is 5.43 Å². The minimum atomic E-state index is -0.482. The number of carbonyl (C=O) groups is 1. The molecule has 0 aliphatic carbocycles. The number of furan rings is 1.